The number of hydrogen-bond acceptors (Lipinski definition) is 4. The van der Waals surface area contributed by atoms with Gasteiger partial charge in [-0.15, -0.1) is 0 Å². The standard InChI is InChI=1S/C14H22N2O3/c1-5-11(3)16(9-14(17)18)8-12-7-13(19-4)6-10(2)15-12/h6-7,11H,5,8-9H2,1-4H3,(H,17,18). The largest absolute Gasteiger partial charge is 0.497 e. The normalized spacial score (nSPS) is 12.5. The highest BCUT2D eigenvalue weighted by molar-refractivity contribution is 5.69. The molecule has 0 saturated heterocycles. The topological polar surface area (TPSA) is 62.7 Å². The smallest absolute Gasteiger partial charge is 0.317 e. The van der Waals surface area contributed by atoms with Crippen molar-refractivity contribution in [3.8, 4) is 5.75 Å². The van der Waals surface area contributed by atoms with Gasteiger partial charge in [0, 0.05) is 30.4 Å². The van der Waals surface area contributed by atoms with E-state index in [1.807, 2.05) is 37.8 Å². The van der Waals surface area contributed by atoms with Gasteiger partial charge in [0.2, 0.25) is 0 Å². The van der Waals surface area contributed by atoms with Crippen molar-refractivity contribution in [2.45, 2.75) is 39.8 Å². The Kier molecular flexibility index (Phi) is 5.76. The molecule has 1 heterocycles. The Morgan fingerprint density at radius 3 is 2.74 bits per heavy atom. The van der Waals surface area contributed by atoms with Crippen LogP contribution in [0.1, 0.15) is 31.7 Å². The summed E-state index contributed by atoms with van der Waals surface area (Å²) < 4.78 is 5.21. The van der Waals surface area contributed by atoms with Gasteiger partial charge in [-0.25, -0.2) is 0 Å². The molecule has 0 aliphatic heterocycles. The quantitative estimate of drug-likeness (QED) is 0.818. The van der Waals surface area contributed by atoms with Crippen molar-refractivity contribution >= 4 is 5.97 Å². The molecule has 0 radical (unpaired) electrons. The number of carboxylic acids is 1. The van der Waals surface area contributed by atoms with Gasteiger partial charge in [0.1, 0.15) is 5.75 Å². The lowest BCUT2D eigenvalue weighted by molar-refractivity contribution is -0.139. The molecule has 1 atom stereocenters. The first-order valence-corrected chi connectivity index (χ1v) is 6.43. The highest BCUT2D eigenvalue weighted by Gasteiger charge is 2.17. The molecule has 0 fully saturated rings. The summed E-state index contributed by atoms with van der Waals surface area (Å²) in [5.41, 5.74) is 1.70. The molecule has 1 aromatic heterocycles. The number of aryl methyl sites for hydroxylation is 1. The van der Waals surface area contributed by atoms with Crippen molar-refractivity contribution in [2.24, 2.45) is 0 Å². The molecular formula is C14H22N2O3. The Balaban J connectivity index is 2.88. The highest BCUT2D eigenvalue weighted by atomic mass is 16.5. The molecule has 0 amide bonds. The van der Waals surface area contributed by atoms with Crippen LogP contribution in [0, 0.1) is 6.92 Å². The first kappa shape index (κ1) is 15.4. The zero-order valence-electron chi connectivity index (χ0n) is 12.0. The van der Waals surface area contributed by atoms with E-state index in [1.165, 1.54) is 0 Å². The molecule has 0 aromatic carbocycles. The average Bonchev–Trinajstić information content (AvgIpc) is 2.35. The van der Waals surface area contributed by atoms with E-state index in [9.17, 15) is 4.79 Å². The van der Waals surface area contributed by atoms with Crippen molar-refractivity contribution < 1.29 is 14.6 Å². The molecule has 0 saturated carbocycles. The zero-order chi connectivity index (χ0) is 14.4. The van der Waals surface area contributed by atoms with Crippen LogP contribution >= 0.6 is 0 Å². The molecule has 1 N–H and O–H groups in total. The summed E-state index contributed by atoms with van der Waals surface area (Å²) in [4.78, 5) is 17.3. The first-order valence-electron chi connectivity index (χ1n) is 6.43. The average molecular weight is 266 g/mol. The van der Waals surface area contributed by atoms with E-state index in [0.29, 0.717) is 6.54 Å². The van der Waals surface area contributed by atoms with E-state index >= 15 is 0 Å². The second kappa shape index (κ2) is 7.09. The predicted molar refractivity (Wildman–Crippen MR) is 73.3 cm³/mol. The van der Waals surface area contributed by atoms with Crippen LogP contribution in [0.2, 0.25) is 0 Å². The van der Waals surface area contributed by atoms with Crippen molar-refractivity contribution in [1.29, 1.82) is 0 Å². The third-order valence-electron chi connectivity index (χ3n) is 3.13. The van der Waals surface area contributed by atoms with Gasteiger partial charge >= 0.3 is 5.97 Å². The van der Waals surface area contributed by atoms with Gasteiger partial charge in [-0.2, -0.15) is 0 Å². The number of ether oxygens (including phenoxy) is 1. The van der Waals surface area contributed by atoms with E-state index in [2.05, 4.69) is 4.98 Å². The summed E-state index contributed by atoms with van der Waals surface area (Å²) in [6, 6.07) is 3.91. The second-order valence-electron chi connectivity index (χ2n) is 4.70. The molecule has 19 heavy (non-hydrogen) atoms. The fraction of sp³-hybridized carbons (Fsp3) is 0.571. The van der Waals surface area contributed by atoms with E-state index < -0.39 is 5.97 Å². The van der Waals surface area contributed by atoms with Crippen LogP contribution < -0.4 is 4.74 Å². The lowest BCUT2D eigenvalue weighted by atomic mass is 10.2. The van der Waals surface area contributed by atoms with Crippen LogP contribution in [-0.2, 0) is 11.3 Å². The van der Waals surface area contributed by atoms with Gasteiger partial charge in [0.15, 0.2) is 0 Å². The number of carboxylic acid groups (broad SMARTS) is 1. The zero-order valence-corrected chi connectivity index (χ0v) is 12.0. The summed E-state index contributed by atoms with van der Waals surface area (Å²) >= 11 is 0. The van der Waals surface area contributed by atoms with Crippen molar-refractivity contribution in [3.63, 3.8) is 0 Å². The van der Waals surface area contributed by atoms with Gasteiger partial charge in [-0.3, -0.25) is 14.7 Å². The molecule has 0 bridgehead atoms. The molecule has 106 valence electrons. The molecular weight excluding hydrogens is 244 g/mol. The second-order valence-corrected chi connectivity index (χ2v) is 4.70. The molecule has 5 nitrogen and oxygen atoms in total. The van der Waals surface area contributed by atoms with E-state index in [-0.39, 0.29) is 12.6 Å². The Labute approximate surface area is 114 Å². The van der Waals surface area contributed by atoms with Crippen LogP contribution in [0.3, 0.4) is 0 Å². The van der Waals surface area contributed by atoms with Crippen molar-refractivity contribution in [3.05, 3.63) is 23.5 Å². The molecule has 0 aliphatic carbocycles. The van der Waals surface area contributed by atoms with Gasteiger partial charge in [0.05, 0.1) is 19.3 Å². The minimum absolute atomic E-state index is 0.0208. The van der Waals surface area contributed by atoms with Crippen LogP contribution in [-0.4, -0.2) is 40.7 Å². The summed E-state index contributed by atoms with van der Waals surface area (Å²) in [5, 5.41) is 8.97. The van der Waals surface area contributed by atoms with Crippen molar-refractivity contribution in [1.82, 2.24) is 9.88 Å². The van der Waals surface area contributed by atoms with Gasteiger partial charge in [-0.05, 0) is 20.3 Å². The maximum atomic E-state index is 10.9. The number of carbonyl (C=O) groups is 1. The van der Waals surface area contributed by atoms with Gasteiger partial charge < -0.3 is 9.84 Å². The van der Waals surface area contributed by atoms with Crippen LogP contribution in [0.25, 0.3) is 0 Å². The minimum atomic E-state index is -0.820. The predicted octanol–water partition coefficient (Wildman–Crippen LogP) is 2.08. The SMILES string of the molecule is CCC(C)N(CC(=O)O)Cc1cc(OC)cc(C)n1. The Hall–Kier alpha value is -1.62. The summed E-state index contributed by atoms with van der Waals surface area (Å²) in [6.45, 7) is 6.50. The van der Waals surface area contributed by atoms with Crippen LogP contribution in [0.5, 0.6) is 5.75 Å². The van der Waals surface area contributed by atoms with E-state index in [0.717, 1.165) is 23.6 Å². The highest BCUT2D eigenvalue weighted by Crippen LogP contribution is 2.16. The molecule has 5 heteroatoms. The molecule has 0 spiro atoms. The molecule has 0 aliphatic rings. The lowest BCUT2D eigenvalue weighted by Crippen LogP contribution is -2.36. The van der Waals surface area contributed by atoms with Gasteiger partial charge in [0.25, 0.3) is 0 Å². The van der Waals surface area contributed by atoms with Crippen LogP contribution in [0.4, 0.5) is 0 Å². The number of aromatic nitrogens is 1. The summed E-state index contributed by atoms with van der Waals surface area (Å²) in [6.07, 6.45) is 0.899. The maximum Gasteiger partial charge on any atom is 0.317 e. The monoisotopic (exact) mass is 266 g/mol. The van der Waals surface area contributed by atoms with Crippen molar-refractivity contribution in [2.75, 3.05) is 13.7 Å². The number of aliphatic carboxylic acids is 1. The number of hydrogen-bond donors (Lipinski definition) is 1. The number of rotatable bonds is 7. The van der Waals surface area contributed by atoms with E-state index in [1.54, 1.807) is 7.11 Å². The summed E-state index contributed by atoms with van der Waals surface area (Å²) in [7, 11) is 1.61. The lowest BCUT2D eigenvalue weighted by Gasteiger charge is -2.26. The summed E-state index contributed by atoms with van der Waals surface area (Å²) in [5.74, 6) is -0.0677. The first-order chi connectivity index (χ1) is 8.96. The van der Waals surface area contributed by atoms with Crippen LogP contribution in [0.15, 0.2) is 12.1 Å². The van der Waals surface area contributed by atoms with E-state index in [4.69, 9.17) is 9.84 Å². The third kappa shape index (κ3) is 4.87. The molecule has 1 rings (SSSR count). The number of methoxy groups -OCH3 is 1. The third-order valence-corrected chi connectivity index (χ3v) is 3.13. The Morgan fingerprint density at radius 1 is 1.53 bits per heavy atom. The van der Waals surface area contributed by atoms with Gasteiger partial charge in [-0.1, -0.05) is 6.92 Å². The Morgan fingerprint density at radius 2 is 2.21 bits per heavy atom. The molecule has 1 aromatic rings. The minimum Gasteiger partial charge on any atom is -0.497 e. The number of nitrogens with zero attached hydrogens (tertiary/aromatic N) is 2. The Bertz CT molecular complexity index is 435. The molecule has 1 unspecified atom stereocenters. The maximum absolute atomic E-state index is 10.9. The number of pyridine rings is 1. The fourth-order valence-electron chi connectivity index (χ4n) is 1.91. The fourth-order valence-corrected chi connectivity index (χ4v) is 1.91.